The SMILES string of the molecule is CC(=O)NC(C)(CC1CC1)C(=O)O. The minimum Gasteiger partial charge on any atom is -0.480 e. The van der Waals surface area contributed by atoms with Crippen molar-refractivity contribution >= 4 is 11.9 Å². The molecule has 1 aliphatic rings. The number of hydrogen-bond donors (Lipinski definition) is 2. The lowest BCUT2D eigenvalue weighted by Gasteiger charge is -2.25. The van der Waals surface area contributed by atoms with Crippen LogP contribution in [0.25, 0.3) is 0 Å². The van der Waals surface area contributed by atoms with Crippen LogP contribution in [0, 0.1) is 5.92 Å². The van der Waals surface area contributed by atoms with Crippen molar-refractivity contribution in [1.82, 2.24) is 5.32 Å². The fourth-order valence-electron chi connectivity index (χ4n) is 1.48. The molecule has 1 unspecified atom stereocenters. The van der Waals surface area contributed by atoms with Crippen LogP contribution in [0.5, 0.6) is 0 Å². The highest BCUT2D eigenvalue weighted by molar-refractivity contribution is 5.85. The summed E-state index contributed by atoms with van der Waals surface area (Å²) in [6, 6.07) is 0. The molecule has 0 bridgehead atoms. The summed E-state index contributed by atoms with van der Waals surface area (Å²) < 4.78 is 0. The van der Waals surface area contributed by atoms with Crippen LogP contribution in [0.1, 0.15) is 33.1 Å². The van der Waals surface area contributed by atoms with E-state index in [0.717, 1.165) is 12.8 Å². The number of hydrogen-bond acceptors (Lipinski definition) is 2. The smallest absolute Gasteiger partial charge is 0.329 e. The third-order valence-corrected chi connectivity index (χ3v) is 2.32. The van der Waals surface area contributed by atoms with Crippen molar-refractivity contribution in [3.63, 3.8) is 0 Å². The molecule has 0 aromatic rings. The molecule has 4 nitrogen and oxygen atoms in total. The molecule has 13 heavy (non-hydrogen) atoms. The number of carbonyl (C=O) groups excluding carboxylic acids is 1. The van der Waals surface area contributed by atoms with E-state index < -0.39 is 11.5 Å². The van der Waals surface area contributed by atoms with Gasteiger partial charge >= 0.3 is 5.97 Å². The molecule has 0 aromatic carbocycles. The molecule has 0 aromatic heterocycles. The van der Waals surface area contributed by atoms with Gasteiger partial charge in [0.05, 0.1) is 0 Å². The van der Waals surface area contributed by atoms with Crippen LogP contribution in [0.4, 0.5) is 0 Å². The van der Waals surface area contributed by atoms with Crippen molar-refractivity contribution in [2.45, 2.75) is 38.6 Å². The van der Waals surface area contributed by atoms with E-state index in [1.54, 1.807) is 6.92 Å². The summed E-state index contributed by atoms with van der Waals surface area (Å²) in [6.45, 7) is 2.91. The van der Waals surface area contributed by atoms with Crippen LogP contribution in [-0.2, 0) is 9.59 Å². The van der Waals surface area contributed by atoms with Gasteiger partial charge in [0.1, 0.15) is 5.54 Å². The summed E-state index contributed by atoms with van der Waals surface area (Å²) in [5, 5.41) is 11.4. The highest BCUT2D eigenvalue weighted by Gasteiger charge is 2.39. The molecular formula is C9H15NO3. The molecule has 0 radical (unpaired) electrons. The number of rotatable bonds is 4. The van der Waals surface area contributed by atoms with Gasteiger partial charge in [-0.3, -0.25) is 4.79 Å². The van der Waals surface area contributed by atoms with E-state index in [2.05, 4.69) is 5.32 Å². The fourth-order valence-corrected chi connectivity index (χ4v) is 1.48. The Kier molecular flexibility index (Phi) is 2.59. The van der Waals surface area contributed by atoms with Crippen molar-refractivity contribution in [1.29, 1.82) is 0 Å². The lowest BCUT2D eigenvalue weighted by atomic mass is 9.95. The molecule has 0 saturated heterocycles. The molecule has 74 valence electrons. The average molecular weight is 185 g/mol. The van der Waals surface area contributed by atoms with Gasteiger partial charge < -0.3 is 10.4 Å². The second-order valence-corrected chi connectivity index (χ2v) is 3.97. The zero-order valence-electron chi connectivity index (χ0n) is 7.96. The number of aliphatic carboxylic acids is 1. The normalized spacial score (nSPS) is 20.5. The summed E-state index contributed by atoms with van der Waals surface area (Å²) >= 11 is 0. The average Bonchev–Trinajstić information content (AvgIpc) is 2.69. The monoisotopic (exact) mass is 185 g/mol. The van der Waals surface area contributed by atoms with Gasteiger partial charge in [0, 0.05) is 6.92 Å². The van der Waals surface area contributed by atoms with Gasteiger partial charge in [-0.1, -0.05) is 12.8 Å². The molecule has 2 N–H and O–H groups in total. The van der Waals surface area contributed by atoms with Crippen LogP contribution in [0.3, 0.4) is 0 Å². The predicted octanol–water partition coefficient (Wildman–Crippen LogP) is 0.766. The Morgan fingerprint density at radius 2 is 2.08 bits per heavy atom. The van der Waals surface area contributed by atoms with Crippen molar-refractivity contribution in [2.75, 3.05) is 0 Å². The summed E-state index contributed by atoms with van der Waals surface area (Å²) in [5.41, 5.74) is -1.08. The topological polar surface area (TPSA) is 66.4 Å². The molecule has 0 aliphatic heterocycles. The molecule has 0 spiro atoms. The number of carboxylic acids is 1. The Bertz CT molecular complexity index is 235. The minimum absolute atomic E-state index is 0.287. The van der Waals surface area contributed by atoms with Gasteiger partial charge in [-0.2, -0.15) is 0 Å². The van der Waals surface area contributed by atoms with E-state index in [-0.39, 0.29) is 5.91 Å². The van der Waals surface area contributed by atoms with E-state index in [4.69, 9.17) is 5.11 Å². The lowest BCUT2D eigenvalue weighted by Crippen LogP contribution is -2.51. The van der Waals surface area contributed by atoms with Crippen molar-refractivity contribution in [3.05, 3.63) is 0 Å². The fraction of sp³-hybridized carbons (Fsp3) is 0.778. The van der Waals surface area contributed by atoms with E-state index in [1.165, 1.54) is 6.92 Å². The maximum atomic E-state index is 10.9. The van der Waals surface area contributed by atoms with Crippen molar-refractivity contribution in [3.8, 4) is 0 Å². The molecule has 1 atom stereocenters. The number of nitrogens with one attached hydrogen (secondary N) is 1. The number of carbonyl (C=O) groups is 2. The first-order chi connectivity index (χ1) is 5.94. The lowest BCUT2D eigenvalue weighted by molar-refractivity contribution is -0.147. The zero-order chi connectivity index (χ0) is 10.1. The molecule has 1 fully saturated rings. The zero-order valence-corrected chi connectivity index (χ0v) is 7.96. The van der Waals surface area contributed by atoms with E-state index in [9.17, 15) is 9.59 Å². The Balaban J connectivity index is 2.60. The molecule has 0 heterocycles. The van der Waals surface area contributed by atoms with Gasteiger partial charge in [-0.15, -0.1) is 0 Å². The first-order valence-corrected chi connectivity index (χ1v) is 4.46. The Morgan fingerprint density at radius 1 is 1.54 bits per heavy atom. The van der Waals surface area contributed by atoms with Crippen molar-refractivity contribution in [2.24, 2.45) is 5.92 Å². The first kappa shape index (κ1) is 10.0. The Morgan fingerprint density at radius 3 is 2.38 bits per heavy atom. The Hall–Kier alpha value is -1.06. The maximum Gasteiger partial charge on any atom is 0.329 e. The van der Waals surface area contributed by atoms with Gasteiger partial charge in [0.15, 0.2) is 0 Å². The van der Waals surface area contributed by atoms with Gasteiger partial charge in [0.25, 0.3) is 0 Å². The molecular weight excluding hydrogens is 170 g/mol. The third kappa shape index (κ3) is 2.72. The van der Waals surface area contributed by atoms with Crippen LogP contribution in [0.15, 0.2) is 0 Å². The van der Waals surface area contributed by atoms with Crippen LogP contribution >= 0.6 is 0 Å². The maximum absolute atomic E-state index is 10.9. The predicted molar refractivity (Wildman–Crippen MR) is 47.2 cm³/mol. The largest absolute Gasteiger partial charge is 0.480 e. The van der Waals surface area contributed by atoms with Gasteiger partial charge in [-0.05, 0) is 19.3 Å². The second-order valence-electron chi connectivity index (χ2n) is 3.97. The van der Waals surface area contributed by atoms with Gasteiger partial charge in [0.2, 0.25) is 5.91 Å². The summed E-state index contributed by atoms with van der Waals surface area (Å²) in [4.78, 5) is 21.7. The van der Waals surface area contributed by atoms with Crippen LogP contribution in [0.2, 0.25) is 0 Å². The molecule has 1 rings (SSSR count). The molecule has 1 amide bonds. The highest BCUT2D eigenvalue weighted by atomic mass is 16.4. The van der Waals surface area contributed by atoms with Gasteiger partial charge in [-0.25, -0.2) is 4.79 Å². The summed E-state index contributed by atoms with van der Waals surface area (Å²) in [7, 11) is 0. The highest BCUT2D eigenvalue weighted by Crippen LogP contribution is 2.36. The Labute approximate surface area is 77.3 Å². The van der Waals surface area contributed by atoms with E-state index in [0.29, 0.717) is 12.3 Å². The minimum atomic E-state index is -1.08. The van der Waals surface area contributed by atoms with E-state index in [1.807, 2.05) is 0 Å². The molecule has 4 heteroatoms. The van der Waals surface area contributed by atoms with Crippen molar-refractivity contribution < 1.29 is 14.7 Å². The summed E-state index contributed by atoms with van der Waals surface area (Å²) in [6.07, 6.45) is 2.72. The van der Waals surface area contributed by atoms with E-state index >= 15 is 0 Å². The molecule has 1 saturated carbocycles. The van der Waals surface area contributed by atoms with Crippen LogP contribution in [-0.4, -0.2) is 22.5 Å². The standard InChI is InChI=1S/C9H15NO3/c1-6(11)10-9(2,8(12)13)5-7-3-4-7/h7H,3-5H2,1-2H3,(H,10,11)(H,12,13). The third-order valence-electron chi connectivity index (χ3n) is 2.32. The molecule has 1 aliphatic carbocycles. The quantitative estimate of drug-likeness (QED) is 0.679. The first-order valence-electron chi connectivity index (χ1n) is 4.46. The number of amides is 1. The summed E-state index contributed by atoms with van der Waals surface area (Å²) in [5.74, 6) is -0.756. The second kappa shape index (κ2) is 3.36. The van der Waals surface area contributed by atoms with Crippen LogP contribution < -0.4 is 5.32 Å². The number of carboxylic acid groups (broad SMARTS) is 1.